The Balaban J connectivity index is 1.84. The van der Waals surface area contributed by atoms with Gasteiger partial charge < -0.3 is 9.47 Å². The summed E-state index contributed by atoms with van der Waals surface area (Å²) in [4.78, 5) is 13.7. The summed E-state index contributed by atoms with van der Waals surface area (Å²) in [6.45, 7) is 1.92. The number of thioether (sulfide) groups is 1. The molecule has 2 aromatic carbocycles. The van der Waals surface area contributed by atoms with Gasteiger partial charge in [0.2, 0.25) is 5.78 Å². The minimum Gasteiger partial charge on any atom is -0.497 e. The Morgan fingerprint density at radius 2 is 2.10 bits per heavy atom. The summed E-state index contributed by atoms with van der Waals surface area (Å²) in [5.41, 5.74) is 1.60. The second-order valence-electron chi connectivity index (χ2n) is 4.91. The molecule has 0 fully saturated rings. The van der Waals surface area contributed by atoms with E-state index in [4.69, 9.17) is 9.47 Å². The molecule has 21 heavy (non-hydrogen) atoms. The maximum atomic E-state index is 12.7. The molecular weight excluding hydrogens is 284 g/mol. The van der Waals surface area contributed by atoms with Crippen molar-refractivity contribution in [2.75, 3.05) is 12.9 Å². The molecule has 3 rings (SSSR count). The summed E-state index contributed by atoms with van der Waals surface area (Å²) >= 11 is 1.66. The van der Waals surface area contributed by atoms with Crippen LogP contribution in [0.3, 0.4) is 0 Å². The number of hydrogen-bond acceptors (Lipinski definition) is 4. The second kappa shape index (κ2) is 5.82. The van der Waals surface area contributed by atoms with Gasteiger partial charge in [0.25, 0.3) is 0 Å². The van der Waals surface area contributed by atoms with Crippen molar-refractivity contribution in [2.24, 2.45) is 0 Å². The van der Waals surface area contributed by atoms with E-state index in [2.05, 4.69) is 0 Å². The van der Waals surface area contributed by atoms with Crippen LogP contribution >= 0.6 is 11.8 Å². The highest BCUT2D eigenvalue weighted by molar-refractivity contribution is 7.99. The van der Waals surface area contributed by atoms with Crippen molar-refractivity contribution in [3.63, 3.8) is 0 Å². The highest BCUT2D eigenvalue weighted by Crippen LogP contribution is 2.36. The molecule has 0 N–H and O–H groups in total. The van der Waals surface area contributed by atoms with E-state index < -0.39 is 6.10 Å². The zero-order valence-electron chi connectivity index (χ0n) is 12.0. The first-order chi connectivity index (χ1) is 10.2. The van der Waals surface area contributed by atoms with Gasteiger partial charge >= 0.3 is 0 Å². The van der Waals surface area contributed by atoms with Gasteiger partial charge in [0.1, 0.15) is 11.5 Å². The fourth-order valence-electron chi connectivity index (χ4n) is 2.36. The van der Waals surface area contributed by atoms with Gasteiger partial charge in [-0.1, -0.05) is 12.1 Å². The molecule has 4 heteroatoms. The van der Waals surface area contributed by atoms with E-state index in [1.807, 2.05) is 49.4 Å². The lowest BCUT2D eigenvalue weighted by Crippen LogP contribution is -2.32. The fraction of sp³-hybridized carbons (Fsp3) is 0.235. The van der Waals surface area contributed by atoms with Gasteiger partial charge in [-0.25, -0.2) is 0 Å². The topological polar surface area (TPSA) is 35.5 Å². The minimum atomic E-state index is -0.433. The number of ketones is 1. The van der Waals surface area contributed by atoms with Crippen LogP contribution in [-0.2, 0) is 0 Å². The number of rotatable bonds is 3. The van der Waals surface area contributed by atoms with Crippen molar-refractivity contribution < 1.29 is 14.3 Å². The van der Waals surface area contributed by atoms with Gasteiger partial charge in [-0.15, -0.1) is 11.8 Å². The molecule has 1 aliphatic rings. The van der Waals surface area contributed by atoms with Crippen LogP contribution in [0.1, 0.15) is 15.9 Å². The maximum absolute atomic E-state index is 12.7. The van der Waals surface area contributed by atoms with Crippen LogP contribution < -0.4 is 9.47 Å². The van der Waals surface area contributed by atoms with E-state index in [0.717, 1.165) is 22.0 Å². The summed E-state index contributed by atoms with van der Waals surface area (Å²) < 4.78 is 11.0. The number of methoxy groups -OCH3 is 1. The van der Waals surface area contributed by atoms with Crippen LogP contribution in [0.5, 0.6) is 11.5 Å². The Morgan fingerprint density at radius 1 is 1.29 bits per heavy atom. The molecule has 2 aromatic rings. The molecule has 1 unspecified atom stereocenters. The standard InChI is InChI=1S/C17H16O3S/c1-11-9-12(19-2)7-8-13(11)17(18)15-10-21-16-6-4-3-5-14(16)20-15/h3-9,15H,10H2,1-2H3. The first-order valence-corrected chi connectivity index (χ1v) is 7.75. The van der Waals surface area contributed by atoms with Crippen LogP contribution in [0.4, 0.5) is 0 Å². The first-order valence-electron chi connectivity index (χ1n) is 6.76. The van der Waals surface area contributed by atoms with Gasteiger partial charge in [-0.05, 0) is 42.8 Å². The van der Waals surface area contributed by atoms with Crippen molar-refractivity contribution in [1.29, 1.82) is 0 Å². The highest BCUT2D eigenvalue weighted by atomic mass is 32.2. The number of benzene rings is 2. The number of aryl methyl sites for hydroxylation is 1. The van der Waals surface area contributed by atoms with Crippen molar-refractivity contribution in [3.8, 4) is 11.5 Å². The van der Waals surface area contributed by atoms with Gasteiger partial charge in [-0.3, -0.25) is 4.79 Å². The third-order valence-corrected chi connectivity index (χ3v) is 4.62. The maximum Gasteiger partial charge on any atom is 0.204 e. The van der Waals surface area contributed by atoms with Crippen LogP contribution in [0.25, 0.3) is 0 Å². The number of carbonyl (C=O) groups excluding carboxylic acids is 1. The lowest BCUT2D eigenvalue weighted by molar-refractivity contribution is 0.0814. The zero-order chi connectivity index (χ0) is 14.8. The van der Waals surface area contributed by atoms with Crippen LogP contribution in [0, 0.1) is 6.92 Å². The average molecular weight is 300 g/mol. The molecule has 0 aliphatic carbocycles. The summed E-state index contributed by atoms with van der Waals surface area (Å²) in [5, 5.41) is 0. The first kappa shape index (κ1) is 14.0. The van der Waals surface area contributed by atoms with Gasteiger partial charge in [0.15, 0.2) is 6.10 Å². The summed E-state index contributed by atoms with van der Waals surface area (Å²) in [7, 11) is 1.62. The quantitative estimate of drug-likeness (QED) is 0.809. The van der Waals surface area contributed by atoms with E-state index in [1.165, 1.54) is 0 Å². The molecular formula is C17H16O3S. The van der Waals surface area contributed by atoms with Crippen molar-refractivity contribution in [2.45, 2.75) is 17.9 Å². The molecule has 0 spiro atoms. The van der Waals surface area contributed by atoms with E-state index in [1.54, 1.807) is 18.9 Å². The van der Waals surface area contributed by atoms with E-state index in [0.29, 0.717) is 11.3 Å². The molecule has 1 atom stereocenters. The molecule has 0 saturated heterocycles. The predicted octanol–water partition coefficient (Wildman–Crippen LogP) is 3.74. The minimum absolute atomic E-state index is 0.0251. The van der Waals surface area contributed by atoms with Crippen molar-refractivity contribution in [1.82, 2.24) is 0 Å². The molecule has 0 saturated carbocycles. The number of para-hydroxylation sites is 1. The molecule has 1 aliphatic heterocycles. The second-order valence-corrected chi connectivity index (χ2v) is 5.97. The Labute approximate surface area is 128 Å². The Morgan fingerprint density at radius 3 is 2.86 bits per heavy atom. The molecule has 0 radical (unpaired) electrons. The Hall–Kier alpha value is -1.94. The van der Waals surface area contributed by atoms with Crippen LogP contribution in [0.2, 0.25) is 0 Å². The fourth-order valence-corrected chi connectivity index (χ4v) is 3.35. The number of Topliss-reactive ketones (excluding diaryl/α,β-unsaturated/α-hetero) is 1. The Kier molecular flexibility index (Phi) is 3.88. The third kappa shape index (κ3) is 2.76. The number of hydrogen-bond donors (Lipinski definition) is 0. The van der Waals surface area contributed by atoms with E-state index in [9.17, 15) is 4.79 Å². The van der Waals surface area contributed by atoms with E-state index in [-0.39, 0.29) is 5.78 Å². The lowest BCUT2D eigenvalue weighted by atomic mass is 10.0. The van der Waals surface area contributed by atoms with Gasteiger partial charge in [0.05, 0.1) is 7.11 Å². The third-order valence-electron chi connectivity index (χ3n) is 3.50. The molecule has 108 valence electrons. The molecule has 0 amide bonds. The van der Waals surface area contributed by atoms with Crippen molar-refractivity contribution in [3.05, 3.63) is 53.6 Å². The number of fused-ring (bicyclic) bond motifs is 1. The summed E-state index contributed by atoms with van der Waals surface area (Å²) in [6, 6.07) is 13.3. The monoisotopic (exact) mass is 300 g/mol. The van der Waals surface area contributed by atoms with Crippen LogP contribution in [0.15, 0.2) is 47.4 Å². The molecule has 0 bridgehead atoms. The van der Waals surface area contributed by atoms with Gasteiger partial charge in [-0.2, -0.15) is 0 Å². The normalized spacial score (nSPS) is 16.8. The lowest BCUT2D eigenvalue weighted by Gasteiger charge is -2.25. The van der Waals surface area contributed by atoms with Crippen LogP contribution in [-0.4, -0.2) is 24.7 Å². The average Bonchev–Trinajstić information content (AvgIpc) is 2.53. The Bertz CT molecular complexity index is 681. The highest BCUT2D eigenvalue weighted by Gasteiger charge is 2.28. The largest absolute Gasteiger partial charge is 0.497 e. The summed E-state index contributed by atoms with van der Waals surface area (Å²) in [6.07, 6.45) is -0.433. The van der Waals surface area contributed by atoms with Crippen molar-refractivity contribution >= 4 is 17.5 Å². The number of ether oxygens (including phenoxy) is 2. The predicted molar refractivity (Wildman–Crippen MR) is 83.6 cm³/mol. The number of carbonyl (C=O) groups is 1. The van der Waals surface area contributed by atoms with E-state index >= 15 is 0 Å². The molecule has 3 nitrogen and oxygen atoms in total. The SMILES string of the molecule is COc1ccc(C(=O)C2CSc3ccccc3O2)c(C)c1. The summed E-state index contributed by atoms with van der Waals surface area (Å²) in [5.74, 6) is 2.21. The molecule has 0 aromatic heterocycles. The smallest absolute Gasteiger partial charge is 0.204 e. The van der Waals surface area contributed by atoms with Gasteiger partial charge in [0, 0.05) is 16.2 Å². The zero-order valence-corrected chi connectivity index (χ0v) is 12.8. The molecule has 1 heterocycles.